The molecule has 0 aromatic heterocycles. The van der Waals surface area contributed by atoms with Gasteiger partial charge in [0.15, 0.2) is 5.78 Å². The van der Waals surface area contributed by atoms with Gasteiger partial charge in [-0.2, -0.15) is 0 Å². The van der Waals surface area contributed by atoms with Gasteiger partial charge in [0.2, 0.25) is 0 Å². The molecule has 70 valence electrons. The number of hydrogen-bond acceptors (Lipinski definition) is 2. The van der Waals surface area contributed by atoms with Gasteiger partial charge in [0.25, 0.3) is 0 Å². The van der Waals surface area contributed by atoms with Crippen molar-refractivity contribution in [2.45, 2.75) is 51.6 Å². The monoisotopic (exact) mass is 170 g/mol. The zero-order chi connectivity index (χ0) is 8.97. The van der Waals surface area contributed by atoms with Crippen molar-refractivity contribution in [3.8, 4) is 0 Å². The minimum absolute atomic E-state index is 0.0156. The third-order valence-corrected chi connectivity index (χ3v) is 2.68. The Kier molecular flexibility index (Phi) is 3.73. The van der Waals surface area contributed by atoms with Crippen LogP contribution in [-0.4, -0.2) is 17.0 Å². The molecule has 1 aliphatic carbocycles. The molecule has 12 heavy (non-hydrogen) atoms. The fraction of sp³-hybridized carbons (Fsp3) is 0.900. The molecule has 2 heteroatoms. The Morgan fingerprint density at radius 2 is 2.00 bits per heavy atom. The molecule has 1 N–H and O–H groups in total. The topological polar surface area (TPSA) is 37.3 Å². The average Bonchev–Trinajstić information content (AvgIpc) is 2.06. The predicted octanol–water partition coefficient (Wildman–Crippen LogP) is 1.91. The van der Waals surface area contributed by atoms with Crippen molar-refractivity contribution in [3.05, 3.63) is 0 Å². The molecule has 0 spiro atoms. The summed E-state index contributed by atoms with van der Waals surface area (Å²) in [5.41, 5.74) is 0. The van der Waals surface area contributed by atoms with Gasteiger partial charge in [-0.3, -0.25) is 4.79 Å². The number of rotatable bonds is 3. The summed E-state index contributed by atoms with van der Waals surface area (Å²) in [6.07, 6.45) is 6.04. The summed E-state index contributed by atoms with van der Waals surface area (Å²) in [7, 11) is 0. The van der Waals surface area contributed by atoms with E-state index in [1.165, 1.54) is 32.1 Å². The smallest absolute Gasteiger partial charge is 0.161 e. The SMILES string of the molecule is CC(O)C(=O)CC1CCCCC1. The van der Waals surface area contributed by atoms with E-state index in [-0.39, 0.29) is 5.78 Å². The van der Waals surface area contributed by atoms with E-state index in [9.17, 15) is 4.79 Å². The van der Waals surface area contributed by atoms with E-state index in [1.54, 1.807) is 6.92 Å². The molecule has 0 radical (unpaired) electrons. The van der Waals surface area contributed by atoms with Crippen LogP contribution in [0, 0.1) is 5.92 Å². The summed E-state index contributed by atoms with van der Waals surface area (Å²) in [5.74, 6) is 0.572. The van der Waals surface area contributed by atoms with Crippen LogP contribution < -0.4 is 0 Å². The van der Waals surface area contributed by atoms with Gasteiger partial charge in [0, 0.05) is 6.42 Å². The van der Waals surface area contributed by atoms with E-state index in [2.05, 4.69) is 0 Å². The Morgan fingerprint density at radius 1 is 1.42 bits per heavy atom. The van der Waals surface area contributed by atoms with Crippen molar-refractivity contribution in [2.24, 2.45) is 5.92 Å². The molecular weight excluding hydrogens is 152 g/mol. The van der Waals surface area contributed by atoms with Crippen molar-refractivity contribution < 1.29 is 9.90 Å². The number of aliphatic hydroxyl groups excluding tert-OH is 1. The van der Waals surface area contributed by atoms with Gasteiger partial charge < -0.3 is 5.11 Å². The van der Waals surface area contributed by atoms with E-state index in [4.69, 9.17) is 5.11 Å². The highest BCUT2D eigenvalue weighted by atomic mass is 16.3. The third kappa shape index (κ3) is 2.94. The van der Waals surface area contributed by atoms with E-state index >= 15 is 0 Å². The van der Waals surface area contributed by atoms with E-state index < -0.39 is 6.10 Å². The second kappa shape index (κ2) is 4.61. The van der Waals surface area contributed by atoms with Crippen LogP contribution in [0.5, 0.6) is 0 Å². The van der Waals surface area contributed by atoms with Crippen LogP contribution in [0.3, 0.4) is 0 Å². The van der Waals surface area contributed by atoms with Crippen molar-refractivity contribution in [3.63, 3.8) is 0 Å². The highest BCUT2D eigenvalue weighted by Crippen LogP contribution is 2.26. The second-order valence-electron chi connectivity index (χ2n) is 3.85. The van der Waals surface area contributed by atoms with Gasteiger partial charge in [-0.15, -0.1) is 0 Å². The predicted molar refractivity (Wildman–Crippen MR) is 47.9 cm³/mol. The molecule has 0 aliphatic heterocycles. The molecule has 0 aromatic carbocycles. The Balaban J connectivity index is 2.24. The highest BCUT2D eigenvalue weighted by Gasteiger charge is 2.18. The summed E-state index contributed by atoms with van der Waals surface area (Å²) in [6, 6.07) is 0. The first-order valence-corrected chi connectivity index (χ1v) is 4.91. The number of aliphatic hydroxyl groups is 1. The van der Waals surface area contributed by atoms with Crippen LogP contribution in [-0.2, 0) is 4.79 Å². The van der Waals surface area contributed by atoms with Crippen LogP contribution in [0.25, 0.3) is 0 Å². The number of Topliss-reactive ketones (excluding diaryl/α,β-unsaturated/α-hetero) is 1. The van der Waals surface area contributed by atoms with Gasteiger partial charge in [-0.25, -0.2) is 0 Å². The molecule has 1 saturated carbocycles. The zero-order valence-corrected chi connectivity index (χ0v) is 7.75. The molecule has 0 bridgehead atoms. The summed E-state index contributed by atoms with van der Waals surface area (Å²) < 4.78 is 0. The molecular formula is C10H18O2. The second-order valence-corrected chi connectivity index (χ2v) is 3.85. The van der Waals surface area contributed by atoms with Crippen LogP contribution in [0.4, 0.5) is 0 Å². The minimum Gasteiger partial charge on any atom is -0.386 e. The standard InChI is InChI=1S/C10H18O2/c1-8(11)10(12)7-9-5-3-2-4-6-9/h8-9,11H,2-7H2,1H3. The summed E-state index contributed by atoms with van der Waals surface area (Å²) in [5, 5.41) is 9.00. The quantitative estimate of drug-likeness (QED) is 0.702. The molecule has 0 saturated heterocycles. The van der Waals surface area contributed by atoms with Crippen LogP contribution >= 0.6 is 0 Å². The number of carbonyl (C=O) groups excluding carboxylic acids is 1. The van der Waals surface area contributed by atoms with Crippen molar-refractivity contribution >= 4 is 5.78 Å². The highest BCUT2D eigenvalue weighted by molar-refractivity contribution is 5.82. The van der Waals surface area contributed by atoms with E-state index in [1.807, 2.05) is 0 Å². The van der Waals surface area contributed by atoms with Crippen LogP contribution in [0.2, 0.25) is 0 Å². The Hall–Kier alpha value is -0.370. The molecule has 1 rings (SSSR count). The Labute approximate surface area is 74.0 Å². The van der Waals surface area contributed by atoms with Crippen molar-refractivity contribution in [1.82, 2.24) is 0 Å². The van der Waals surface area contributed by atoms with Crippen molar-refractivity contribution in [1.29, 1.82) is 0 Å². The summed E-state index contributed by atoms with van der Waals surface area (Å²) in [4.78, 5) is 11.2. The third-order valence-electron chi connectivity index (χ3n) is 2.68. The first-order valence-electron chi connectivity index (χ1n) is 4.91. The largest absolute Gasteiger partial charge is 0.386 e. The van der Waals surface area contributed by atoms with E-state index in [0.717, 1.165) is 0 Å². The fourth-order valence-corrected chi connectivity index (χ4v) is 1.85. The lowest BCUT2D eigenvalue weighted by molar-refractivity contribution is -0.127. The molecule has 0 aromatic rings. The van der Waals surface area contributed by atoms with Gasteiger partial charge in [0.1, 0.15) is 6.10 Å². The first-order chi connectivity index (χ1) is 5.70. The van der Waals surface area contributed by atoms with Crippen molar-refractivity contribution in [2.75, 3.05) is 0 Å². The number of ketones is 1. The summed E-state index contributed by atoms with van der Waals surface area (Å²) in [6.45, 7) is 1.56. The average molecular weight is 170 g/mol. The number of hydrogen-bond donors (Lipinski definition) is 1. The fourth-order valence-electron chi connectivity index (χ4n) is 1.85. The Morgan fingerprint density at radius 3 is 2.50 bits per heavy atom. The zero-order valence-electron chi connectivity index (χ0n) is 7.75. The molecule has 1 aliphatic rings. The van der Waals surface area contributed by atoms with Gasteiger partial charge in [0.05, 0.1) is 0 Å². The molecule has 0 heterocycles. The van der Waals surface area contributed by atoms with Crippen LogP contribution in [0.1, 0.15) is 45.4 Å². The number of carbonyl (C=O) groups is 1. The summed E-state index contributed by atoms with van der Waals surface area (Å²) >= 11 is 0. The molecule has 1 fully saturated rings. The maximum Gasteiger partial charge on any atom is 0.161 e. The molecule has 0 amide bonds. The van der Waals surface area contributed by atoms with Crippen LogP contribution in [0.15, 0.2) is 0 Å². The lowest BCUT2D eigenvalue weighted by Gasteiger charge is -2.21. The van der Waals surface area contributed by atoms with Gasteiger partial charge in [-0.05, 0) is 12.8 Å². The molecule has 2 nitrogen and oxygen atoms in total. The maximum atomic E-state index is 11.2. The maximum absolute atomic E-state index is 11.2. The van der Waals surface area contributed by atoms with Gasteiger partial charge in [-0.1, -0.05) is 32.1 Å². The Bertz CT molecular complexity index is 146. The van der Waals surface area contributed by atoms with Gasteiger partial charge >= 0.3 is 0 Å². The normalized spacial score (nSPS) is 22.2. The molecule has 1 unspecified atom stereocenters. The minimum atomic E-state index is -0.757. The first kappa shape index (κ1) is 9.72. The van der Waals surface area contributed by atoms with E-state index in [0.29, 0.717) is 12.3 Å². The lowest BCUT2D eigenvalue weighted by atomic mass is 9.85. The lowest BCUT2D eigenvalue weighted by Crippen LogP contribution is -2.20. The molecule has 1 atom stereocenters.